The summed E-state index contributed by atoms with van der Waals surface area (Å²) >= 11 is 6.33. The van der Waals surface area contributed by atoms with Gasteiger partial charge >= 0.3 is 5.97 Å². The predicted molar refractivity (Wildman–Crippen MR) is 124 cm³/mol. The standard InChI is InChI=1S/C24H27ClN2O7/c1-14-11-20-19(34-20)6-3-2-5-15(26-32-10-9-27-8-4-7-21(27)30)12-16-22(24(31)33-14)17(28)13-18(29)23(16)25/h2-3,5-6,13-14,19-20,28-29H,4,7-12H2,1H3/b5-2+,6-3-,26-15+/t14-,19-,20-/m1/s1. The molecule has 9 nitrogen and oxygen atoms in total. The summed E-state index contributed by atoms with van der Waals surface area (Å²) in [5.74, 6) is -1.48. The molecule has 4 rings (SSSR count). The van der Waals surface area contributed by atoms with Gasteiger partial charge in [0.15, 0.2) is 0 Å². The molecule has 2 saturated heterocycles. The number of carbonyl (C=O) groups is 2. The van der Waals surface area contributed by atoms with Crippen LogP contribution in [-0.2, 0) is 25.5 Å². The fourth-order valence-corrected chi connectivity index (χ4v) is 4.29. The van der Waals surface area contributed by atoms with E-state index < -0.39 is 17.8 Å². The Bertz CT molecular complexity index is 1050. The molecule has 0 saturated carbocycles. The van der Waals surface area contributed by atoms with E-state index in [9.17, 15) is 19.8 Å². The Morgan fingerprint density at radius 1 is 1.26 bits per heavy atom. The van der Waals surface area contributed by atoms with Crippen molar-refractivity contribution >= 4 is 29.2 Å². The van der Waals surface area contributed by atoms with Gasteiger partial charge in [0.1, 0.15) is 35.9 Å². The third-order valence-electron chi connectivity index (χ3n) is 5.88. The molecular formula is C24H27ClN2O7. The Hall–Kier alpha value is -3.04. The Labute approximate surface area is 202 Å². The molecule has 0 spiro atoms. The van der Waals surface area contributed by atoms with E-state index in [2.05, 4.69) is 5.16 Å². The number of benzene rings is 1. The normalized spacial score (nSPS) is 28.0. The topological polar surface area (TPSA) is 121 Å². The maximum absolute atomic E-state index is 12.9. The molecule has 3 heterocycles. The van der Waals surface area contributed by atoms with Gasteiger partial charge in [0.25, 0.3) is 0 Å². The van der Waals surface area contributed by atoms with Gasteiger partial charge in [-0.25, -0.2) is 4.79 Å². The molecule has 1 aromatic rings. The quantitative estimate of drug-likeness (QED) is 0.288. The van der Waals surface area contributed by atoms with Gasteiger partial charge in [-0.2, -0.15) is 0 Å². The van der Waals surface area contributed by atoms with E-state index in [0.29, 0.717) is 31.6 Å². The molecule has 0 unspecified atom stereocenters. The number of rotatable bonds is 4. The minimum atomic E-state index is -0.761. The van der Waals surface area contributed by atoms with E-state index >= 15 is 0 Å². The SMILES string of the molecule is C[C@@H]1C[C@H]2O[C@@H]2\C=C/C=C/C(=N\OCCN2CCCC2=O)Cc2c(Cl)c(O)cc(O)c2C(=O)O1. The number of hydrogen-bond acceptors (Lipinski definition) is 8. The van der Waals surface area contributed by atoms with Crippen LogP contribution in [0, 0.1) is 0 Å². The highest BCUT2D eigenvalue weighted by Gasteiger charge is 2.38. The van der Waals surface area contributed by atoms with Crippen molar-refractivity contribution in [2.75, 3.05) is 19.7 Å². The number of esters is 1. The largest absolute Gasteiger partial charge is 0.507 e. The van der Waals surface area contributed by atoms with E-state index in [4.69, 9.17) is 25.9 Å². The third kappa shape index (κ3) is 5.71. The molecule has 3 atom stereocenters. The van der Waals surface area contributed by atoms with Crippen LogP contribution in [0.5, 0.6) is 11.5 Å². The molecule has 0 aromatic heterocycles. The van der Waals surface area contributed by atoms with Gasteiger partial charge in [-0.05, 0) is 25.0 Å². The first-order valence-corrected chi connectivity index (χ1v) is 11.6. The number of phenolic OH excluding ortho intramolecular Hbond substituents is 2. The molecule has 34 heavy (non-hydrogen) atoms. The van der Waals surface area contributed by atoms with Gasteiger partial charge in [0.2, 0.25) is 5.91 Å². The van der Waals surface area contributed by atoms with Crippen LogP contribution in [0.1, 0.15) is 42.1 Å². The Balaban J connectivity index is 1.61. The maximum atomic E-state index is 12.9. The lowest BCUT2D eigenvalue weighted by molar-refractivity contribution is -0.128. The predicted octanol–water partition coefficient (Wildman–Crippen LogP) is 3.12. The molecule has 10 heteroatoms. The molecule has 1 amide bonds. The summed E-state index contributed by atoms with van der Waals surface area (Å²) in [6, 6.07) is 1.01. The van der Waals surface area contributed by atoms with Crippen LogP contribution < -0.4 is 0 Å². The van der Waals surface area contributed by atoms with Gasteiger partial charge in [-0.1, -0.05) is 35.0 Å². The molecule has 2 N–H and O–H groups in total. The zero-order chi connectivity index (χ0) is 24.2. The van der Waals surface area contributed by atoms with Crippen LogP contribution in [0.3, 0.4) is 0 Å². The molecule has 182 valence electrons. The summed E-state index contributed by atoms with van der Waals surface area (Å²) in [4.78, 5) is 31.9. The summed E-state index contributed by atoms with van der Waals surface area (Å²) in [5.41, 5.74) is 0.413. The zero-order valence-electron chi connectivity index (χ0n) is 18.8. The Morgan fingerprint density at radius 2 is 2.09 bits per heavy atom. The van der Waals surface area contributed by atoms with Gasteiger partial charge in [0.05, 0.1) is 23.4 Å². The summed E-state index contributed by atoms with van der Waals surface area (Å²) in [6.45, 7) is 3.07. The lowest BCUT2D eigenvalue weighted by Gasteiger charge is -2.17. The lowest BCUT2D eigenvalue weighted by Crippen LogP contribution is -2.28. The highest BCUT2D eigenvalue weighted by molar-refractivity contribution is 6.33. The van der Waals surface area contributed by atoms with Gasteiger partial charge in [-0.15, -0.1) is 0 Å². The van der Waals surface area contributed by atoms with Crippen molar-refractivity contribution < 1.29 is 34.1 Å². The van der Waals surface area contributed by atoms with E-state index in [1.165, 1.54) is 0 Å². The highest BCUT2D eigenvalue weighted by Crippen LogP contribution is 2.38. The number of hydrogen-bond donors (Lipinski definition) is 2. The molecule has 1 aromatic carbocycles. The first-order chi connectivity index (χ1) is 16.3. The molecule has 0 radical (unpaired) electrons. The third-order valence-corrected chi connectivity index (χ3v) is 6.31. The number of ether oxygens (including phenoxy) is 2. The number of phenols is 2. The number of allylic oxidation sites excluding steroid dienone is 3. The van der Waals surface area contributed by atoms with Crippen LogP contribution in [0.2, 0.25) is 5.02 Å². The van der Waals surface area contributed by atoms with Crippen LogP contribution in [-0.4, -0.2) is 70.7 Å². The van der Waals surface area contributed by atoms with Crippen molar-refractivity contribution in [1.29, 1.82) is 0 Å². The van der Waals surface area contributed by atoms with Gasteiger partial charge < -0.3 is 29.4 Å². The number of oxime groups is 1. The maximum Gasteiger partial charge on any atom is 0.342 e. The zero-order valence-corrected chi connectivity index (χ0v) is 19.5. The van der Waals surface area contributed by atoms with Crippen molar-refractivity contribution in [3.8, 4) is 11.5 Å². The van der Waals surface area contributed by atoms with Gasteiger partial charge in [-0.3, -0.25) is 4.79 Å². The number of fused-ring (bicyclic) bond motifs is 2. The number of epoxide rings is 1. The number of carbonyl (C=O) groups excluding carboxylic acids is 2. The fraction of sp³-hybridized carbons (Fsp3) is 0.458. The van der Waals surface area contributed by atoms with Crippen LogP contribution in [0.15, 0.2) is 35.5 Å². The number of aromatic hydroxyl groups is 2. The molecule has 2 fully saturated rings. The minimum Gasteiger partial charge on any atom is -0.507 e. The van der Waals surface area contributed by atoms with Crippen molar-refractivity contribution in [2.24, 2.45) is 5.16 Å². The van der Waals surface area contributed by atoms with Crippen molar-refractivity contribution in [2.45, 2.75) is 50.9 Å². The number of likely N-dealkylation sites (tertiary alicyclic amines) is 1. The smallest absolute Gasteiger partial charge is 0.342 e. The second-order valence-corrected chi connectivity index (χ2v) is 8.87. The monoisotopic (exact) mass is 490 g/mol. The van der Waals surface area contributed by atoms with Crippen LogP contribution in [0.25, 0.3) is 0 Å². The van der Waals surface area contributed by atoms with Crippen molar-refractivity contribution in [3.05, 3.63) is 46.5 Å². The van der Waals surface area contributed by atoms with E-state index in [1.54, 1.807) is 24.0 Å². The number of cyclic esters (lactones) is 1. The number of halogens is 1. The van der Waals surface area contributed by atoms with E-state index in [1.807, 2.05) is 12.2 Å². The molecule has 0 aliphatic carbocycles. The molecule has 3 aliphatic heterocycles. The molecule has 3 aliphatic rings. The van der Waals surface area contributed by atoms with Crippen LogP contribution in [0.4, 0.5) is 0 Å². The second-order valence-electron chi connectivity index (χ2n) is 8.49. The Morgan fingerprint density at radius 3 is 2.85 bits per heavy atom. The summed E-state index contributed by atoms with van der Waals surface area (Å²) in [7, 11) is 0. The van der Waals surface area contributed by atoms with E-state index in [-0.39, 0.29) is 53.0 Å². The minimum absolute atomic E-state index is 0.0187. The number of nitrogens with zero attached hydrogens (tertiary/aromatic N) is 2. The summed E-state index contributed by atoms with van der Waals surface area (Å²) in [6.07, 6.45) is 8.46. The van der Waals surface area contributed by atoms with Crippen LogP contribution >= 0.6 is 11.6 Å². The summed E-state index contributed by atoms with van der Waals surface area (Å²) in [5, 5.41) is 24.7. The second kappa shape index (κ2) is 10.5. The van der Waals surface area contributed by atoms with E-state index in [0.717, 1.165) is 12.5 Å². The average molecular weight is 491 g/mol. The first-order valence-electron chi connectivity index (χ1n) is 11.2. The fourth-order valence-electron chi connectivity index (χ4n) is 4.07. The molecule has 0 bridgehead atoms. The average Bonchev–Trinajstić information content (AvgIpc) is 3.38. The van der Waals surface area contributed by atoms with Gasteiger partial charge in [0, 0.05) is 31.9 Å². The highest BCUT2D eigenvalue weighted by atomic mass is 35.5. The molecular weight excluding hydrogens is 464 g/mol. The van der Waals surface area contributed by atoms with Crippen molar-refractivity contribution in [1.82, 2.24) is 4.90 Å². The summed E-state index contributed by atoms with van der Waals surface area (Å²) < 4.78 is 11.1. The first kappa shape index (κ1) is 24.1. The lowest BCUT2D eigenvalue weighted by atomic mass is 9.99. The number of amides is 1. The van der Waals surface area contributed by atoms with Crippen molar-refractivity contribution in [3.63, 3.8) is 0 Å². The Kier molecular flexibility index (Phi) is 7.43.